The van der Waals surface area contributed by atoms with Crippen molar-refractivity contribution in [3.8, 4) is 33.4 Å². The van der Waals surface area contributed by atoms with Crippen LogP contribution in [0.15, 0.2) is 150 Å². The second-order valence-electron chi connectivity index (χ2n) is 9.22. The summed E-state index contributed by atoms with van der Waals surface area (Å²) in [6.07, 6.45) is 0. The van der Waals surface area contributed by atoms with Gasteiger partial charge in [0.15, 0.2) is 0 Å². The molecule has 0 bridgehead atoms. The van der Waals surface area contributed by atoms with E-state index in [1.54, 1.807) is 24.3 Å². The van der Waals surface area contributed by atoms with Crippen LogP contribution in [0.1, 0.15) is 15.1 Å². The Morgan fingerprint density at radius 2 is 1.00 bits per heavy atom. The summed E-state index contributed by atoms with van der Waals surface area (Å²) in [5.74, 6) is 0. The zero-order chi connectivity index (χ0) is 35.3. The fraction of sp³-hybridized carbons (Fsp3) is 0. The van der Waals surface area contributed by atoms with Crippen LogP contribution < -0.4 is 0 Å². The molecule has 0 atom stereocenters. The highest BCUT2D eigenvalue weighted by atomic mass is 16.3. The molecule has 0 aliphatic carbocycles. The van der Waals surface area contributed by atoms with Gasteiger partial charge in [0, 0.05) is 10.8 Å². The Morgan fingerprint density at radius 3 is 1.69 bits per heavy atom. The second kappa shape index (κ2) is 8.72. The molecule has 0 fully saturated rings. The molecular formula is C38H24O. The predicted octanol–water partition coefficient (Wildman–Crippen LogP) is 10.9. The highest BCUT2D eigenvalue weighted by Gasteiger charge is 2.20. The molecule has 7 aromatic carbocycles. The van der Waals surface area contributed by atoms with Crippen molar-refractivity contribution in [2.24, 2.45) is 0 Å². The van der Waals surface area contributed by atoms with Crippen LogP contribution in [0.2, 0.25) is 0 Å². The molecule has 1 heterocycles. The summed E-state index contributed by atoms with van der Waals surface area (Å²) in [5, 5.41) is 2.39. The van der Waals surface area contributed by atoms with E-state index in [2.05, 4.69) is 0 Å². The SMILES string of the molecule is [2H]c1c([2H])c([2H])c(-c2c3ccccc3c(-c3c(-c4ccccc4)c([2H])c4oc5c([2H])c([2H])c([2H])c([2H])c5c4c3[2H])c3ccccc23)c([2H])c1[2H]. The van der Waals surface area contributed by atoms with Gasteiger partial charge in [-0.1, -0.05) is 127 Å². The molecule has 0 aliphatic heterocycles. The van der Waals surface area contributed by atoms with E-state index < -0.39 is 36.3 Å². The van der Waals surface area contributed by atoms with Gasteiger partial charge >= 0.3 is 0 Å². The normalized spacial score (nSPS) is 15.5. The average Bonchev–Trinajstić information content (AvgIpc) is 3.55. The number of hydrogen-bond donors (Lipinski definition) is 0. The van der Waals surface area contributed by atoms with Crippen LogP contribution in [-0.4, -0.2) is 0 Å². The van der Waals surface area contributed by atoms with Crippen LogP contribution in [0.4, 0.5) is 0 Å². The zero-order valence-corrected chi connectivity index (χ0v) is 20.4. The first-order valence-corrected chi connectivity index (χ1v) is 12.5. The number of rotatable bonds is 3. The molecule has 1 aromatic heterocycles. The second-order valence-corrected chi connectivity index (χ2v) is 9.22. The molecule has 0 unspecified atom stereocenters. The van der Waals surface area contributed by atoms with Gasteiger partial charge in [-0.25, -0.2) is 0 Å². The largest absolute Gasteiger partial charge is 0.456 e. The summed E-state index contributed by atoms with van der Waals surface area (Å²) >= 11 is 0. The third-order valence-corrected chi connectivity index (χ3v) is 7.07. The highest BCUT2D eigenvalue weighted by molar-refractivity contribution is 6.23. The lowest BCUT2D eigenvalue weighted by Crippen LogP contribution is -1.93. The first kappa shape index (κ1) is 13.6. The van der Waals surface area contributed by atoms with Gasteiger partial charge in [0.2, 0.25) is 0 Å². The van der Waals surface area contributed by atoms with Crippen molar-refractivity contribution in [2.75, 3.05) is 0 Å². The first-order valence-electron chi connectivity index (χ1n) is 18.0. The van der Waals surface area contributed by atoms with Crippen molar-refractivity contribution in [2.45, 2.75) is 0 Å². The van der Waals surface area contributed by atoms with Crippen molar-refractivity contribution < 1.29 is 19.5 Å². The van der Waals surface area contributed by atoms with E-state index in [0.29, 0.717) is 49.4 Å². The van der Waals surface area contributed by atoms with Gasteiger partial charge in [0.25, 0.3) is 0 Å². The van der Waals surface area contributed by atoms with Crippen LogP contribution in [0.25, 0.3) is 76.9 Å². The quantitative estimate of drug-likeness (QED) is 0.217. The van der Waals surface area contributed by atoms with Gasteiger partial charge in [-0.2, -0.15) is 0 Å². The van der Waals surface area contributed by atoms with Gasteiger partial charge in [0.05, 0.1) is 15.1 Å². The van der Waals surface area contributed by atoms with Gasteiger partial charge in [0.1, 0.15) is 11.2 Å². The molecule has 1 nitrogen and oxygen atoms in total. The highest BCUT2D eigenvalue weighted by Crippen LogP contribution is 2.47. The number of fused-ring (bicyclic) bond motifs is 5. The summed E-state index contributed by atoms with van der Waals surface area (Å²) in [6, 6.07) is 19.5. The van der Waals surface area contributed by atoms with Crippen LogP contribution >= 0.6 is 0 Å². The maximum absolute atomic E-state index is 9.84. The summed E-state index contributed by atoms with van der Waals surface area (Å²) in [7, 11) is 0. The maximum Gasteiger partial charge on any atom is 0.136 e. The number of para-hydroxylation sites is 1. The maximum atomic E-state index is 9.84. The van der Waals surface area contributed by atoms with Gasteiger partial charge in [-0.05, 0) is 73.1 Å². The van der Waals surface area contributed by atoms with Crippen LogP contribution in [0.3, 0.4) is 0 Å². The molecule has 182 valence electrons. The molecule has 0 radical (unpaired) electrons. The van der Waals surface area contributed by atoms with E-state index in [1.807, 2.05) is 54.6 Å². The predicted molar refractivity (Wildman–Crippen MR) is 165 cm³/mol. The monoisotopic (exact) mass is 507 g/mol. The Kier molecular flexibility index (Phi) is 3.04. The summed E-state index contributed by atoms with van der Waals surface area (Å²) in [6.45, 7) is 0. The van der Waals surface area contributed by atoms with Crippen molar-refractivity contribution in [3.63, 3.8) is 0 Å². The van der Waals surface area contributed by atoms with E-state index in [-0.39, 0.29) is 57.7 Å². The molecule has 8 rings (SSSR count). The molecule has 0 spiro atoms. The van der Waals surface area contributed by atoms with E-state index in [9.17, 15) is 2.74 Å². The molecule has 0 saturated carbocycles. The Bertz CT molecular complexity index is 2680. The van der Waals surface area contributed by atoms with E-state index in [0.717, 1.165) is 0 Å². The van der Waals surface area contributed by atoms with Crippen molar-refractivity contribution >= 4 is 43.5 Å². The van der Waals surface area contributed by atoms with Crippen molar-refractivity contribution in [3.05, 3.63) is 145 Å². The first-order chi connectivity index (χ1) is 24.0. The lowest BCUT2D eigenvalue weighted by Gasteiger charge is -2.20. The number of hydrogen-bond acceptors (Lipinski definition) is 1. The number of furan rings is 1. The Hall–Kier alpha value is -5.14. The molecule has 0 saturated heterocycles. The third-order valence-electron chi connectivity index (χ3n) is 7.07. The average molecular weight is 508 g/mol. The number of benzene rings is 7. The standard InChI is InChI=1S/C38H24O/c1-3-13-25(14-4-1)32-24-36-33(27-17-11-12-22-35(27)39-36)23-34(32)38-30-20-9-7-18-28(30)37(26-15-5-2-6-16-26)29-19-8-10-21-31(29)38/h1-24H/i2D,5D,6D,11D,12D,15D,16D,17D,22D,23D,24D. The Balaban J connectivity index is 1.65. The van der Waals surface area contributed by atoms with Gasteiger partial charge in [-0.3, -0.25) is 0 Å². The third kappa shape index (κ3) is 3.41. The van der Waals surface area contributed by atoms with Gasteiger partial charge in [-0.15, -0.1) is 0 Å². The van der Waals surface area contributed by atoms with E-state index in [1.165, 1.54) is 0 Å². The van der Waals surface area contributed by atoms with Crippen molar-refractivity contribution in [1.82, 2.24) is 0 Å². The molecule has 0 N–H and O–H groups in total. The zero-order valence-electron chi connectivity index (χ0n) is 31.4. The van der Waals surface area contributed by atoms with E-state index in [4.69, 9.17) is 16.8 Å². The summed E-state index contributed by atoms with van der Waals surface area (Å²) in [4.78, 5) is 0. The molecule has 39 heavy (non-hydrogen) atoms. The van der Waals surface area contributed by atoms with Crippen molar-refractivity contribution in [1.29, 1.82) is 0 Å². The molecular weight excluding hydrogens is 472 g/mol. The van der Waals surface area contributed by atoms with Gasteiger partial charge < -0.3 is 4.42 Å². The van der Waals surface area contributed by atoms with Crippen LogP contribution in [0, 0.1) is 0 Å². The molecule has 1 heteroatoms. The molecule has 8 aromatic rings. The van der Waals surface area contributed by atoms with E-state index >= 15 is 0 Å². The minimum Gasteiger partial charge on any atom is -0.456 e. The fourth-order valence-electron chi connectivity index (χ4n) is 5.44. The topological polar surface area (TPSA) is 13.1 Å². The Morgan fingerprint density at radius 1 is 0.410 bits per heavy atom. The lowest BCUT2D eigenvalue weighted by molar-refractivity contribution is 0.669. The summed E-state index contributed by atoms with van der Waals surface area (Å²) < 4.78 is 102. The minimum absolute atomic E-state index is 0.00900. The summed E-state index contributed by atoms with van der Waals surface area (Å²) in [5.41, 5.74) is 2.11. The molecule has 0 aliphatic rings. The molecule has 0 amide bonds. The Labute approximate surface area is 242 Å². The fourth-order valence-corrected chi connectivity index (χ4v) is 5.44. The van der Waals surface area contributed by atoms with Crippen LogP contribution in [-0.2, 0) is 0 Å². The lowest BCUT2D eigenvalue weighted by atomic mass is 9.83. The minimum atomic E-state index is -0.498. The smallest absolute Gasteiger partial charge is 0.136 e. The van der Waals surface area contributed by atoms with Crippen LogP contribution in [0.5, 0.6) is 0 Å².